The molecule has 4 saturated carbocycles. The van der Waals surface area contributed by atoms with Crippen molar-refractivity contribution in [1.29, 1.82) is 0 Å². The van der Waals surface area contributed by atoms with Crippen LogP contribution < -0.4 is 0 Å². The second-order valence-electron chi connectivity index (χ2n) is 14.5. The van der Waals surface area contributed by atoms with Gasteiger partial charge in [0.2, 0.25) is 0 Å². The summed E-state index contributed by atoms with van der Waals surface area (Å²) in [4.78, 5) is 0. The molecule has 0 heterocycles. The van der Waals surface area contributed by atoms with Gasteiger partial charge >= 0.3 is 0 Å². The van der Waals surface area contributed by atoms with Crippen molar-refractivity contribution < 1.29 is 10.2 Å². The highest BCUT2D eigenvalue weighted by Gasteiger charge is 2.64. The first-order chi connectivity index (χ1) is 14.4. The number of rotatable bonds is 1. The summed E-state index contributed by atoms with van der Waals surface area (Å²) in [6, 6.07) is 0. The predicted molar refractivity (Wildman–Crippen MR) is 128 cm³/mol. The Hall–Kier alpha value is -0.340. The maximum absolute atomic E-state index is 10.8. The average Bonchev–Trinajstić information content (AvgIpc) is 2.70. The van der Waals surface area contributed by atoms with E-state index < -0.39 is 0 Å². The van der Waals surface area contributed by atoms with E-state index in [1.165, 1.54) is 57.8 Å². The number of allylic oxidation sites excluding steroid dienone is 2. The molecule has 5 aliphatic carbocycles. The molecule has 2 heteroatoms. The third-order valence-electron chi connectivity index (χ3n) is 12.3. The molecule has 8 atom stereocenters. The Kier molecular flexibility index (Phi) is 4.96. The molecular weight excluding hydrogens is 380 g/mol. The van der Waals surface area contributed by atoms with Crippen LogP contribution in [0.3, 0.4) is 0 Å². The number of fused-ring (bicyclic) bond motifs is 7. The third kappa shape index (κ3) is 2.95. The van der Waals surface area contributed by atoms with Crippen LogP contribution in [-0.4, -0.2) is 22.9 Å². The van der Waals surface area contributed by atoms with E-state index in [9.17, 15) is 10.2 Å². The zero-order valence-corrected chi connectivity index (χ0v) is 21.1. The van der Waals surface area contributed by atoms with Crippen LogP contribution in [0.25, 0.3) is 0 Å². The van der Waals surface area contributed by atoms with E-state index in [0.29, 0.717) is 40.6 Å². The SMILES string of the molecule is CC1(C)CC[C@]2(CO)CCC3C(=CCC4[C@@]3(C)CCC3C(C)(C)[C@@H](O)CC[C@@]34C)[C@@H]2C1. The van der Waals surface area contributed by atoms with Crippen LogP contribution in [0.2, 0.25) is 0 Å². The largest absolute Gasteiger partial charge is 0.396 e. The predicted octanol–water partition coefficient (Wildman–Crippen LogP) is 6.75. The molecule has 0 radical (unpaired) electrons. The molecule has 0 spiro atoms. The zero-order valence-electron chi connectivity index (χ0n) is 21.1. The molecule has 0 saturated heterocycles. The fourth-order valence-electron chi connectivity index (χ4n) is 10.3. The Bertz CT molecular complexity index is 765. The second-order valence-corrected chi connectivity index (χ2v) is 14.5. The molecule has 0 aliphatic heterocycles. The Morgan fingerprint density at radius 3 is 2.23 bits per heavy atom. The Labute approximate surface area is 191 Å². The van der Waals surface area contributed by atoms with Crippen molar-refractivity contribution in [2.24, 2.45) is 50.7 Å². The van der Waals surface area contributed by atoms with Gasteiger partial charge < -0.3 is 10.2 Å². The lowest BCUT2D eigenvalue weighted by molar-refractivity contribution is -0.187. The maximum atomic E-state index is 10.8. The molecule has 0 amide bonds. The van der Waals surface area contributed by atoms with Gasteiger partial charge in [-0.15, -0.1) is 0 Å². The highest BCUT2D eigenvalue weighted by molar-refractivity contribution is 5.29. The quantitative estimate of drug-likeness (QED) is 0.453. The lowest BCUT2D eigenvalue weighted by atomic mass is 9.37. The topological polar surface area (TPSA) is 40.5 Å². The summed E-state index contributed by atoms with van der Waals surface area (Å²) in [7, 11) is 0. The summed E-state index contributed by atoms with van der Waals surface area (Å²) in [5.74, 6) is 2.66. The first kappa shape index (κ1) is 22.5. The van der Waals surface area contributed by atoms with Crippen LogP contribution in [0.4, 0.5) is 0 Å². The number of aliphatic hydroxyl groups excluding tert-OH is 2. The minimum absolute atomic E-state index is 0.0321. The van der Waals surface area contributed by atoms with Gasteiger partial charge in [-0.1, -0.05) is 53.2 Å². The van der Waals surface area contributed by atoms with Crippen LogP contribution >= 0.6 is 0 Å². The first-order valence-corrected chi connectivity index (χ1v) is 13.4. The number of hydrogen-bond donors (Lipinski definition) is 2. The summed E-state index contributed by atoms with van der Waals surface area (Å²) < 4.78 is 0. The molecule has 3 unspecified atom stereocenters. The average molecular weight is 429 g/mol. The molecular formula is C29H48O2. The highest BCUT2D eigenvalue weighted by Crippen LogP contribution is 2.71. The molecule has 0 aromatic heterocycles. The summed E-state index contributed by atoms with van der Waals surface area (Å²) in [6.07, 6.45) is 14.8. The maximum Gasteiger partial charge on any atom is 0.0594 e. The van der Waals surface area contributed by atoms with Gasteiger partial charge in [-0.25, -0.2) is 0 Å². The van der Waals surface area contributed by atoms with Gasteiger partial charge in [0.15, 0.2) is 0 Å². The lowest BCUT2D eigenvalue weighted by Gasteiger charge is -2.68. The number of hydrogen-bond acceptors (Lipinski definition) is 2. The van der Waals surface area contributed by atoms with Crippen molar-refractivity contribution in [3.63, 3.8) is 0 Å². The molecule has 0 bridgehead atoms. The molecule has 5 rings (SSSR count). The van der Waals surface area contributed by atoms with Crippen molar-refractivity contribution in [2.45, 2.75) is 112 Å². The van der Waals surface area contributed by atoms with Crippen LogP contribution in [0.5, 0.6) is 0 Å². The van der Waals surface area contributed by atoms with Crippen molar-refractivity contribution in [3.05, 3.63) is 11.6 Å². The van der Waals surface area contributed by atoms with Crippen LogP contribution in [-0.2, 0) is 0 Å². The Morgan fingerprint density at radius 1 is 0.806 bits per heavy atom. The van der Waals surface area contributed by atoms with Crippen LogP contribution in [0, 0.1) is 50.7 Å². The second kappa shape index (κ2) is 6.84. The Balaban J connectivity index is 1.53. The van der Waals surface area contributed by atoms with Crippen molar-refractivity contribution in [2.75, 3.05) is 6.61 Å². The van der Waals surface area contributed by atoms with Gasteiger partial charge in [-0.3, -0.25) is 0 Å². The fraction of sp³-hybridized carbons (Fsp3) is 0.931. The van der Waals surface area contributed by atoms with Gasteiger partial charge in [-0.2, -0.15) is 0 Å². The first-order valence-electron chi connectivity index (χ1n) is 13.4. The highest BCUT2D eigenvalue weighted by atomic mass is 16.3. The molecule has 5 aliphatic rings. The van der Waals surface area contributed by atoms with E-state index >= 15 is 0 Å². The molecule has 4 fully saturated rings. The Morgan fingerprint density at radius 2 is 1.52 bits per heavy atom. The standard InChI is InChI=1S/C29H48O2/c1-25(2)15-16-29(18-30)14-9-20-19(21(29)17-25)7-8-23-27(20,5)12-10-22-26(3,4)24(31)11-13-28(22,23)6/h7,20-24,30-31H,8-18H2,1-6H3/t20?,21-,22?,23?,24-,27-,28-,29-/m0/s1. The normalized spacial score (nSPS) is 52.8. The number of aliphatic hydroxyl groups is 2. The van der Waals surface area contributed by atoms with Crippen LogP contribution in [0.15, 0.2) is 11.6 Å². The van der Waals surface area contributed by atoms with Gasteiger partial charge in [0.25, 0.3) is 0 Å². The van der Waals surface area contributed by atoms with E-state index in [0.717, 1.165) is 12.3 Å². The van der Waals surface area contributed by atoms with Gasteiger partial charge in [0, 0.05) is 12.0 Å². The summed E-state index contributed by atoms with van der Waals surface area (Å²) in [5, 5.41) is 21.4. The minimum atomic E-state index is -0.144. The van der Waals surface area contributed by atoms with Crippen molar-refractivity contribution >= 4 is 0 Å². The summed E-state index contributed by atoms with van der Waals surface area (Å²) >= 11 is 0. The van der Waals surface area contributed by atoms with E-state index in [1.54, 1.807) is 5.57 Å². The molecule has 176 valence electrons. The molecule has 0 aromatic carbocycles. The van der Waals surface area contributed by atoms with E-state index in [1.807, 2.05) is 0 Å². The lowest BCUT2D eigenvalue weighted by Crippen LogP contribution is -2.62. The van der Waals surface area contributed by atoms with Gasteiger partial charge in [-0.05, 0) is 110 Å². The van der Waals surface area contributed by atoms with Crippen LogP contribution in [0.1, 0.15) is 106 Å². The van der Waals surface area contributed by atoms with E-state index in [-0.39, 0.29) is 16.9 Å². The van der Waals surface area contributed by atoms with Crippen molar-refractivity contribution in [1.82, 2.24) is 0 Å². The van der Waals surface area contributed by atoms with Gasteiger partial charge in [0.05, 0.1) is 6.10 Å². The monoisotopic (exact) mass is 428 g/mol. The van der Waals surface area contributed by atoms with E-state index in [2.05, 4.69) is 47.6 Å². The van der Waals surface area contributed by atoms with Gasteiger partial charge in [0.1, 0.15) is 0 Å². The molecule has 2 N–H and O–H groups in total. The fourth-order valence-corrected chi connectivity index (χ4v) is 10.3. The minimum Gasteiger partial charge on any atom is -0.396 e. The van der Waals surface area contributed by atoms with Crippen molar-refractivity contribution in [3.8, 4) is 0 Å². The third-order valence-corrected chi connectivity index (χ3v) is 12.3. The zero-order chi connectivity index (χ0) is 22.4. The smallest absolute Gasteiger partial charge is 0.0594 e. The molecule has 2 nitrogen and oxygen atoms in total. The van der Waals surface area contributed by atoms with E-state index in [4.69, 9.17) is 0 Å². The summed E-state index contributed by atoms with van der Waals surface area (Å²) in [6.45, 7) is 15.2. The molecule has 31 heavy (non-hydrogen) atoms. The summed E-state index contributed by atoms with van der Waals surface area (Å²) in [5.41, 5.74) is 3.07. The molecule has 0 aromatic rings.